The first-order valence-electron chi connectivity index (χ1n) is 8.29. The number of hydrogen-bond donors (Lipinski definition) is 3. The molecule has 8 nitrogen and oxygen atoms in total. The Bertz CT molecular complexity index is 815. The van der Waals surface area contributed by atoms with Crippen molar-refractivity contribution in [2.24, 2.45) is 0 Å². The minimum Gasteiger partial charge on any atom is -0.463 e. The number of nitrogens with zero attached hydrogens (tertiary/aromatic N) is 1. The van der Waals surface area contributed by atoms with Crippen LogP contribution in [-0.4, -0.2) is 33.5 Å². The molecule has 0 aromatic rings. The Morgan fingerprint density at radius 2 is 1.89 bits per heavy atom. The van der Waals surface area contributed by atoms with Gasteiger partial charge in [0.1, 0.15) is 17.5 Å². The molecular weight excluding hydrogens is 368 g/mol. The van der Waals surface area contributed by atoms with Gasteiger partial charge < -0.3 is 15.5 Å². The van der Waals surface area contributed by atoms with E-state index in [1.807, 2.05) is 13.8 Å². The van der Waals surface area contributed by atoms with Crippen molar-refractivity contribution in [1.82, 2.24) is 10.0 Å². The van der Waals surface area contributed by atoms with Gasteiger partial charge >= 0.3 is 5.97 Å². The van der Waals surface area contributed by atoms with Gasteiger partial charge in [-0.1, -0.05) is 20.4 Å². The van der Waals surface area contributed by atoms with Crippen molar-refractivity contribution in [3.05, 3.63) is 47.0 Å². The number of ether oxygens (including phenoxy) is 1. The molecule has 27 heavy (non-hydrogen) atoms. The molecule has 0 aromatic heterocycles. The fraction of sp³-hybridized carbons (Fsp3) is 0.389. The summed E-state index contributed by atoms with van der Waals surface area (Å²) in [5.41, 5.74) is 1.55. The van der Waals surface area contributed by atoms with Gasteiger partial charge in [-0.2, -0.15) is 5.26 Å². The van der Waals surface area contributed by atoms with Gasteiger partial charge in [0.05, 0.1) is 12.9 Å². The van der Waals surface area contributed by atoms with Crippen molar-refractivity contribution in [3.8, 4) is 6.07 Å². The van der Waals surface area contributed by atoms with Crippen molar-refractivity contribution in [3.63, 3.8) is 0 Å². The molecule has 0 bridgehead atoms. The summed E-state index contributed by atoms with van der Waals surface area (Å²) in [6.07, 6.45) is 5.53. The lowest BCUT2D eigenvalue weighted by Crippen LogP contribution is -2.33. The molecule has 0 aliphatic rings. The fourth-order valence-electron chi connectivity index (χ4n) is 1.93. The molecule has 0 fully saturated rings. The number of allylic oxidation sites excluding steroid dienone is 4. The van der Waals surface area contributed by atoms with Gasteiger partial charge in [-0.05, 0) is 37.0 Å². The number of esters is 1. The molecule has 0 aliphatic carbocycles. The second-order valence-electron chi connectivity index (χ2n) is 5.34. The van der Waals surface area contributed by atoms with Crippen LogP contribution in [0.3, 0.4) is 0 Å². The number of carbonyl (C=O) groups excluding carboxylic acids is 1. The van der Waals surface area contributed by atoms with Gasteiger partial charge in [0.15, 0.2) is 0 Å². The lowest BCUT2D eigenvalue weighted by molar-refractivity contribution is -0.137. The molecule has 0 saturated heterocycles. The quantitative estimate of drug-likeness (QED) is 0.162. The number of carbonyl (C=O) groups is 1. The van der Waals surface area contributed by atoms with Crippen LogP contribution >= 0.6 is 0 Å². The third-order valence-corrected chi connectivity index (χ3v) is 3.84. The van der Waals surface area contributed by atoms with Gasteiger partial charge in [-0.25, -0.2) is 13.2 Å². The van der Waals surface area contributed by atoms with E-state index in [2.05, 4.69) is 16.6 Å². The van der Waals surface area contributed by atoms with E-state index in [4.69, 9.17) is 10.1 Å². The summed E-state index contributed by atoms with van der Waals surface area (Å²) < 4.78 is 30.3. The van der Waals surface area contributed by atoms with Crippen LogP contribution in [0.5, 0.6) is 0 Å². The van der Waals surface area contributed by atoms with Crippen LogP contribution in [0.2, 0.25) is 0 Å². The Kier molecular flexibility index (Phi) is 10.5. The molecule has 0 amide bonds. The van der Waals surface area contributed by atoms with E-state index in [0.29, 0.717) is 29.7 Å². The maximum Gasteiger partial charge on any atom is 0.330 e. The van der Waals surface area contributed by atoms with Gasteiger partial charge in [0.25, 0.3) is 0 Å². The molecule has 3 N–H and O–H groups in total. The van der Waals surface area contributed by atoms with Crippen LogP contribution in [-0.2, 0) is 19.6 Å². The van der Waals surface area contributed by atoms with E-state index in [9.17, 15) is 18.5 Å². The normalized spacial score (nSPS) is 13.1. The predicted molar refractivity (Wildman–Crippen MR) is 105 cm³/mol. The summed E-state index contributed by atoms with van der Waals surface area (Å²) in [5.74, 6) is -0.665. The average Bonchev–Trinajstić information content (AvgIpc) is 2.60. The SMILES string of the molecule is C=C(CC)/C(N/C(NS(C)(=O)=O)=C(/C#N)C=N)=C(\C=C\C(=O)OCC)CC. The maximum absolute atomic E-state index is 11.6. The number of nitrogens with one attached hydrogen (secondary N) is 3. The average molecular weight is 394 g/mol. The molecule has 0 saturated carbocycles. The van der Waals surface area contributed by atoms with Crippen LogP contribution in [0.15, 0.2) is 47.0 Å². The second kappa shape index (κ2) is 11.7. The van der Waals surface area contributed by atoms with Crippen molar-refractivity contribution < 1.29 is 17.9 Å². The Morgan fingerprint density at radius 1 is 1.26 bits per heavy atom. The molecule has 0 radical (unpaired) electrons. The third-order valence-electron chi connectivity index (χ3n) is 3.26. The van der Waals surface area contributed by atoms with Gasteiger partial charge in [0, 0.05) is 18.0 Å². The fourth-order valence-corrected chi connectivity index (χ4v) is 2.46. The summed E-state index contributed by atoms with van der Waals surface area (Å²) in [7, 11) is -3.70. The highest BCUT2D eigenvalue weighted by Gasteiger charge is 2.15. The highest BCUT2D eigenvalue weighted by Crippen LogP contribution is 2.19. The summed E-state index contributed by atoms with van der Waals surface area (Å²) in [4.78, 5) is 11.6. The van der Waals surface area contributed by atoms with Gasteiger partial charge in [-0.3, -0.25) is 4.72 Å². The van der Waals surface area contributed by atoms with Crippen LogP contribution in [0, 0.1) is 16.7 Å². The molecule has 9 heteroatoms. The third kappa shape index (κ3) is 8.87. The smallest absolute Gasteiger partial charge is 0.330 e. The maximum atomic E-state index is 11.6. The standard InChI is InChI=1S/C18H26N4O4S/c1-6-13(4)17(14(7-2)9-10-16(23)26-8-3)21-18(15(11-19)12-20)22-27(5,24)25/h9-11,19,21-22H,4,6-8H2,1-3,5H3/b10-9+,17-14+,18-15-,19-11?. The Labute approximate surface area is 160 Å². The zero-order valence-corrected chi connectivity index (χ0v) is 16.9. The molecule has 0 spiro atoms. The Hall–Kier alpha value is -2.86. The molecule has 0 aliphatic heterocycles. The molecule has 0 atom stereocenters. The Balaban J connectivity index is 6.28. The summed E-state index contributed by atoms with van der Waals surface area (Å²) in [6, 6.07) is 1.76. The van der Waals surface area contributed by atoms with E-state index in [1.54, 1.807) is 19.1 Å². The summed E-state index contributed by atoms with van der Waals surface area (Å²) in [5, 5.41) is 19.4. The minimum atomic E-state index is -3.70. The van der Waals surface area contributed by atoms with Crippen LogP contribution in [0.4, 0.5) is 0 Å². The van der Waals surface area contributed by atoms with E-state index in [0.717, 1.165) is 12.5 Å². The van der Waals surface area contributed by atoms with Gasteiger partial charge in [-0.15, -0.1) is 0 Å². The number of hydrogen-bond acceptors (Lipinski definition) is 7. The van der Waals surface area contributed by atoms with Gasteiger partial charge in [0.2, 0.25) is 10.0 Å². The molecule has 0 heterocycles. The second-order valence-corrected chi connectivity index (χ2v) is 7.09. The monoisotopic (exact) mass is 394 g/mol. The van der Waals surface area contributed by atoms with Crippen LogP contribution in [0.25, 0.3) is 0 Å². The van der Waals surface area contributed by atoms with Crippen molar-refractivity contribution in [2.45, 2.75) is 33.6 Å². The van der Waals surface area contributed by atoms with E-state index in [-0.39, 0.29) is 18.0 Å². The minimum absolute atomic E-state index is 0.157. The first kappa shape index (κ1) is 24.1. The highest BCUT2D eigenvalue weighted by molar-refractivity contribution is 7.88. The molecule has 148 valence electrons. The number of rotatable bonds is 11. The van der Waals surface area contributed by atoms with Crippen LogP contribution < -0.4 is 10.0 Å². The Morgan fingerprint density at radius 3 is 2.30 bits per heavy atom. The molecular formula is C18H26N4O4S. The van der Waals surface area contributed by atoms with E-state index in [1.165, 1.54) is 6.08 Å². The summed E-state index contributed by atoms with van der Waals surface area (Å²) >= 11 is 0. The number of nitriles is 1. The van der Waals surface area contributed by atoms with E-state index < -0.39 is 16.0 Å². The lowest BCUT2D eigenvalue weighted by Gasteiger charge is -2.19. The first-order chi connectivity index (χ1) is 12.6. The molecule has 0 rings (SSSR count). The molecule has 0 aromatic carbocycles. The largest absolute Gasteiger partial charge is 0.463 e. The molecule has 0 unspecified atom stereocenters. The van der Waals surface area contributed by atoms with Crippen LogP contribution in [0.1, 0.15) is 33.6 Å². The zero-order valence-electron chi connectivity index (χ0n) is 16.0. The lowest BCUT2D eigenvalue weighted by atomic mass is 10.0. The van der Waals surface area contributed by atoms with Crippen molar-refractivity contribution in [1.29, 1.82) is 10.7 Å². The zero-order chi connectivity index (χ0) is 21.0. The van der Waals surface area contributed by atoms with Crippen molar-refractivity contribution in [2.75, 3.05) is 12.9 Å². The van der Waals surface area contributed by atoms with Crippen molar-refractivity contribution >= 4 is 22.2 Å². The highest BCUT2D eigenvalue weighted by atomic mass is 32.2. The topological polar surface area (TPSA) is 132 Å². The predicted octanol–water partition coefficient (Wildman–Crippen LogP) is 2.26. The van der Waals surface area contributed by atoms with E-state index >= 15 is 0 Å². The number of sulfonamides is 1. The first-order valence-corrected chi connectivity index (χ1v) is 10.2. The summed E-state index contributed by atoms with van der Waals surface area (Å²) in [6.45, 7) is 9.62.